The second-order valence-corrected chi connectivity index (χ2v) is 7.71. The summed E-state index contributed by atoms with van der Waals surface area (Å²) in [6.07, 6.45) is 0.339. The van der Waals surface area contributed by atoms with Gasteiger partial charge in [-0.3, -0.25) is 14.5 Å². The fourth-order valence-corrected chi connectivity index (χ4v) is 3.63. The summed E-state index contributed by atoms with van der Waals surface area (Å²) >= 11 is 0. The molecule has 170 valence electrons. The van der Waals surface area contributed by atoms with Crippen LogP contribution in [0.25, 0.3) is 0 Å². The van der Waals surface area contributed by atoms with Gasteiger partial charge < -0.3 is 20.6 Å². The topological polar surface area (TPSA) is 115 Å². The van der Waals surface area contributed by atoms with E-state index in [4.69, 9.17) is 5.11 Å². The van der Waals surface area contributed by atoms with E-state index in [0.717, 1.165) is 28.1 Å². The zero-order valence-electron chi connectivity index (χ0n) is 18.2. The number of nitrogens with zero attached hydrogens (tertiary/aromatic N) is 3. The van der Waals surface area contributed by atoms with Gasteiger partial charge in [0.1, 0.15) is 12.2 Å². The Bertz CT molecular complexity index is 951. The Labute approximate surface area is 187 Å². The molecular weight excluding hydrogens is 410 g/mol. The van der Waals surface area contributed by atoms with Crippen LogP contribution in [0.15, 0.2) is 42.5 Å². The molecule has 1 fully saturated rings. The first-order valence-electron chi connectivity index (χ1n) is 10.7. The summed E-state index contributed by atoms with van der Waals surface area (Å²) in [4.78, 5) is 42.5. The molecule has 32 heavy (non-hydrogen) atoms. The van der Waals surface area contributed by atoms with E-state index in [-0.39, 0.29) is 18.4 Å². The fraction of sp³-hybridized carbons (Fsp3) is 0.391. The molecule has 0 saturated carbocycles. The van der Waals surface area contributed by atoms with E-state index in [9.17, 15) is 14.4 Å². The molecule has 0 aliphatic carbocycles. The van der Waals surface area contributed by atoms with Gasteiger partial charge in [0.15, 0.2) is 0 Å². The van der Waals surface area contributed by atoms with Gasteiger partial charge in [-0.1, -0.05) is 30.3 Å². The molecule has 1 aromatic heterocycles. The SMILES string of the molecule is CNC(=O)c1cc(CNCCCN2CCN(C(=O)O)CC2=O)cc(Cc2ccccc2)n1. The van der Waals surface area contributed by atoms with Crippen LogP contribution in [0.1, 0.15) is 33.7 Å². The second-order valence-electron chi connectivity index (χ2n) is 7.71. The minimum absolute atomic E-state index is 0.0771. The molecule has 9 nitrogen and oxygen atoms in total. The van der Waals surface area contributed by atoms with Gasteiger partial charge in [0.2, 0.25) is 5.91 Å². The van der Waals surface area contributed by atoms with Crippen molar-refractivity contribution in [2.24, 2.45) is 0 Å². The number of benzene rings is 1. The molecule has 1 aliphatic heterocycles. The number of aromatic nitrogens is 1. The molecule has 9 heteroatoms. The maximum absolute atomic E-state index is 12.1. The molecule has 1 aromatic carbocycles. The number of nitrogens with one attached hydrogen (secondary N) is 2. The zero-order chi connectivity index (χ0) is 22.9. The molecule has 3 N–H and O–H groups in total. The lowest BCUT2D eigenvalue weighted by Crippen LogP contribution is -2.52. The summed E-state index contributed by atoms with van der Waals surface area (Å²) in [5, 5.41) is 15.0. The van der Waals surface area contributed by atoms with Crippen molar-refractivity contribution in [1.29, 1.82) is 0 Å². The average Bonchev–Trinajstić information content (AvgIpc) is 2.79. The van der Waals surface area contributed by atoms with E-state index in [1.807, 2.05) is 36.4 Å². The Hall–Kier alpha value is -3.46. The van der Waals surface area contributed by atoms with E-state index in [1.54, 1.807) is 18.0 Å². The molecular formula is C23H29N5O4. The summed E-state index contributed by atoms with van der Waals surface area (Å²) in [7, 11) is 1.59. The monoisotopic (exact) mass is 439 g/mol. The van der Waals surface area contributed by atoms with Gasteiger partial charge in [-0.05, 0) is 36.2 Å². The van der Waals surface area contributed by atoms with Crippen LogP contribution >= 0.6 is 0 Å². The normalized spacial score (nSPS) is 13.8. The van der Waals surface area contributed by atoms with Gasteiger partial charge in [-0.25, -0.2) is 9.78 Å². The van der Waals surface area contributed by atoms with Crippen LogP contribution in [0.3, 0.4) is 0 Å². The van der Waals surface area contributed by atoms with Crippen molar-refractivity contribution in [3.63, 3.8) is 0 Å². The lowest BCUT2D eigenvalue weighted by atomic mass is 10.1. The van der Waals surface area contributed by atoms with E-state index in [2.05, 4.69) is 15.6 Å². The highest BCUT2D eigenvalue weighted by Crippen LogP contribution is 2.12. The maximum atomic E-state index is 12.1. The quantitative estimate of drug-likeness (QED) is 0.508. The summed E-state index contributed by atoms with van der Waals surface area (Å²) in [5.41, 5.74) is 3.31. The fourth-order valence-electron chi connectivity index (χ4n) is 3.63. The number of carbonyl (C=O) groups excluding carboxylic acids is 2. The van der Waals surface area contributed by atoms with E-state index in [0.29, 0.717) is 44.8 Å². The van der Waals surface area contributed by atoms with Gasteiger partial charge in [0.25, 0.3) is 5.91 Å². The van der Waals surface area contributed by atoms with Crippen LogP contribution in [0.4, 0.5) is 4.79 Å². The number of hydrogen-bond acceptors (Lipinski definition) is 5. The van der Waals surface area contributed by atoms with Gasteiger partial charge in [0.05, 0.1) is 0 Å². The van der Waals surface area contributed by atoms with Gasteiger partial charge in [0, 0.05) is 45.3 Å². The predicted molar refractivity (Wildman–Crippen MR) is 119 cm³/mol. The first-order valence-corrected chi connectivity index (χ1v) is 10.7. The van der Waals surface area contributed by atoms with E-state index >= 15 is 0 Å². The van der Waals surface area contributed by atoms with Crippen LogP contribution in [-0.2, 0) is 17.8 Å². The minimum atomic E-state index is -1.06. The van der Waals surface area contributed by atoms with Crippen LogP contribution < -0.4 is 10.6 Å². The van der Waals surface area contributed by atoms with Crippen molar-refractivity contribution < 1.29 is 19.5 Å². The molecule has 0 atom stereocenters. The number of pyridine rings is 1. The zero-order valence-corrected chi connectivity index (χ0v) is 18.2. The Balaban J connectivity index is 1.51. The molecule has 0 spiro atoms. The predicted octanol–water partition coefficient (Wildman–Crippen LogP) is 1.33. The number of piperazine rings is 1. The smallest absolute Gasteiger partial charge is 0.407 e. The highest BCUT2D eigenvalue weighted by Gasteiger charge is 2.26. The Kier molecular flexibility index (Phi) is 8.15. The Morgan fingerprint density at radius 2 is 1.91 bits per heavy atom. The summed E-state index contributed by atoms with van der Waals surface area (Å²) in [5.74, 6) is -0.381. The third kappa shape index (κ3) is 6.52. The molecule has 0 bridgehead atoms. The maximum Gasteiger partial charge on any atom is 0.407 e. The third-order valence-corrected chi connectivity index (χ3v) is 5.33. The summed E-state index contributed by atoms with van der Waals surface area (Å²) in [6.45, 7) is 2.55. The number of rotatable bonds is 9. The van der Waals surface area contributed by atoms with Crippen molar-refractivity contribution in [2.45, 2.75) is 19.4 Å². The van der Waals surface area contributed by atoms with Crippen molar-refractivity contribution >= 4 is 17.9 Å². The summed E-state index contributed by atoms with van der Waals surface area (Å²) in [6, 6.07) is 13.8. The molecule has 3 rings (SSSR count). The standard InChI is InChI=1S/C23H29N5O4/c1-24-22(30)20-14-18(13-19(26-20)12-17-6-3-2-4-7-17)15-25-8-5-9-27-10-11-28(23(31)32)16-21(27)29/h2-4,6-7,13-14,25H,5,8-12,15-16H2,1H3,(H,24,30)(H,31,32). The Morgan fingerprint density at radius 1 is 1.12 bits per heavy atom. The van der Waals surface area contributed by atoms with Crippen LogP contribution in [0, 0.1) is 0 Å². The molecule has 3 amide bonds. The van der Waals surface area contributed by atoms with Crippen molar-refractivity contribution in [3.8, 4) is 0 Å². The van der Waals surface area contributed by atoms with Crippen molar-refractivity contribution in [2.75, 3.05) is 39.8 Å². The van der Waals surface area contributed by atoms with Crippen LogP contribution in [0.2, 0.25) is 0 Å². The number of carboxylic acid groups (broad SMARTS) is 1. The second kappa shape index (κ2) is 11.2. The molecule has 2 aromatic rings. The molecule has 0 unspecified atom stereocenters. The number of carbonyl (C=O) groups is 3. The largest absolute Gasteiger partial charge is 0.465 e. The first-order chi connectivity index (χ1) is 15.5. The van der Waals surface area contributed by atoms with Crippen molar-refractivity contribution in [3.05, 3.63) is 65.0 Å². The lowest BCUT2D eigenvalue weighted by Gasteiger charge is -2.32. The van der Waals surface area contributed by atoms with Crippen molar-refractivity contribution in [1.82, 2.24) is 25.4 Å². The van der Waals surface area contributed by atoms with Gasteiger partial charge in [-0.2, -0.15) is 0 Å². The number of amides is 3. The highest BCUT2D eigenvalue weighted by atomic mass is 16.4. The van der Waals surface area contributed by atoms with Gasteiger partial charge >= 0.3 is 6.09 Å². The molecule has 1 saturated heterocycles. The van der Waals surface area contributed by atoms with Gasteiger partial charge in [-0.15, -0.1) is 0 Å². The third-order valence-electron chi connectivity index (χ3n) is 5.33. The van der Waals surface area contributed by atoms with Crippen LogP contribution in [0.5, 0.6) is 0 Å². The van der Waals surface area contributed by atoms with Crippen LogP contribution in [-0.4, -0.2) is 77.6 Å². The summed E-state index contributed by atoms with van der Waals surface area (Å²) < 4.78 is 0. The van der Waals surface area contributed by atoms with E-state index < -0.39 is 6.09 Å². The highest BCUT2D eigenvalue weighted by molar-refractivity contribution is 5.92. The molecule has 1 aliphatic rings. The lowest BCUT2D eigenvalue weighted by molar-refractivity contribution is -0.135. The van der Waals surface area contributed by atoms with E-state index in [1.165, 1.54) is 0 Å². The molecule has 2 heterocycles. The minimum Gasteiger partial charge on any atom is -0.465 e. The number of hydrogen-bond donors (Lipinski definition) is 3. The first kappa shape index (κ1) is 23.2. The molecule has 0 radical (unpaired) electrons. The average molecular weight is 440 g/mol. The Morgan fingerprint density at radius 3 is 2.59 bits per heavy atom.